The number of rotatable bonds is 5. The van der Waals surface area contributed by atoms with E-state index in [4.69, 9.17) is 9.72 Å². The van der Waals surface area contributed by atoms with E-state index in [1.54, 1.807) is 18.4 Å². The summed E-state index contributed by atoms with van der Waals surface area (Å²) in [5, 5.41) is 4.25. The van der Waals surface area contributed by atoms with Gasteiger partial charge in [-0.05, 0) is 19.5 Å². The Morgan fingerprint density at radius 1 is 1.33 bits per heavy atom. The molecular weight excluding hydrogens is 244 g/mol. The van der Waals surface area contributed by atoms with Crippen molar-refractivity contribution in [3.8, 4) is 10.6 Å². The number of nitrogens with one attached hydrogen (secondary N) is 1. The van der Waals surface area contributed by atoms with Crippen LogP contribution in [0.1, 0.15) is 16.1 Å². The molecule has 1 N–H and O–H groups in total. The summed E-state index contributed by atoms with van der Waals surface area (Å²) in [5.74, 6) is 0. The van der Waals surface area contributed by atoms with Gasteiger partial charge >= 0.3 is 0 Å². The SMILES string of the molecule is CNCc1sc(-c2ccccc2C)nc1COC. The number of ether oxygens (including phenoxy) is 1. The minimum Gasteiger partial charge on any atom is -0.378 e. The van der Waals surface area contributed by atoms with Crippen molar-refractivity contribution >= 4 is 11.3 Å². The monoisotopic (exact) mass is 262 g/mol. The molecule has 0 bridgehead atoms. The fourth-order valence-corrected chi connectivity index (χ4v) is 3.03. The predicted octanol–water partition coefficient (Wildman–Crippen LogP) is 2.98. The molecule has 3 nitrogen and oxygen atoms in total. The third kappa shape index (κ3) is 2.77. The molecule has 0 aliphatic carbocycles. The van der Waals surface area contributed by atoms with Crippen LogP contribution in [0.5, 0.6) is 0 Å². The molecule has 1 heterocycles. The van der Waals surface area contributed by atoms with Crippen LogP contribution < -0.4 is 5.32 Å². The van der Waals surface area contributed by atoms with Crippen LogP contribution in [-0.4, -0.2) is 19.1 Å². The van der Waals surface area contributed by atoms with E-state index in [0.29, 0.717) is 6.61 Å². The topological polar surface area (TPSA) is 34.2 Å². The van der Waals surface area contributed by atoms with Gasteiger partial charge in [-0.3, -0.25) is 0 Å². The zero-order valence-electron chi connectivity index (χ0n) is 11.0. The van der Waals surface area contributed by atoms with E-state index in [1.165, 1.54) is 16.0 Å². The van der Waals surface area contributed by atoms with Gasteiger partial charge in [0.15, 0.2) is 0 Å². The number of methoxy groups -OCH3 is 1. The van der Waals surface area contributed by atoms with E-state index in [2.05, 4.69) is 36.5 Å². The summed E-state index contributed by atoms with van der Waals surface area (Å²) in [4.78, 5) is 5.95. The number of benzene rings is 1. The van der Waals surface area contributed by atoms with E-state index in [-0.39, 0.29) is 0 Å². The number of aromatic nitrogens is 1. The van der Waals surface area contributed by atoms with Crippen molar-refractivity contribution in [1.29, 1.82) is 0 Å². The second-order valence-corrected chi connectivity index (χ2v) is 5.25. The molecule has 0 unspecified atom stereocenters. The molecule has 18 heavy (non-hydrogen) atoms. The Morgan fingerprint density at radius 3 is 2.78 bits per heavy atom. The quantitative estimate of drug-likeness (QED) is 0.899. The van der Waals surface area contributed by atoms with Crippen molar-refractivity contribution < 1.29 is 4.74 Å². The Bertz CT molecular complexity index is 499. The summed E-state index contributed by atoms with van der Waals surface area (Å²) in [5.41, 5.74) is 3.50. The molecule has 0 saturated heterocycles. The predicted molar refractivity (Wildman–Crippen MR) is 75.8 cm³/mol. The van der Waals surface area contributed by atoms with Crippen LogP contribution in [0.3, 0.4) is 0 Å². The fraction of sp³-hybridized carbons (Fsp3) is 0.357. The Hall–Kier alpha value is -1.23. The van der Waals surface area contributed by atoms with Crippen molar-refractivity contribution in [3.05, 3.63) is 40.4 Å². The van der Waals surface area contributed by atoms with Gasteiger partial charge in [-0.1, -0.05) is 24.3 Å². The van der Waals surface area contributed by atoms with Crippen molar-refractivity contribution in [2.45, 2.75) is 20.1 Å². The number of nitrogens with zero attached hydrogens (tertiary/aromatic N) is 1. The van der Waals surface area contributed by atoms with Gasteiger partial charge in [0.2, 0.25) is 0 Å². The number of thiazole rings is 1. The lowest BCUT2D eigenvalue weighted by Gasteiger charge is -2.00. The first-order valence-electron chi connectivity index (χ1n) is 5.94. The molecule has 0 fully saturated rings. The lowest BCUT2D eigenvalue weighted by atomic mass is 10.1. The van der Waals surface area contributed by atoms with Crippen LogP contribution in [0, 0.1) is 6.92 Å². The molecule has 2 aromatic rings. The smallest absolute Gasteiger partial charge is 0.124 e. The Morgan fingerprint density at radius 2 is 2.11 bits per heavy atom. The minimum atomic E-state index is 0.569. The number of aryl methyl sites for hydroxylation is 1. The molecule has 1 aromatic carbocycles. The molecule has 0 amide bonds. The maximum atomic E-state index is 5.21. The highest BCUT2D eigenvalue weighted by Crippen LogP contribution is 2.30. The third-order valence-electron chi connectivity index (χ3n) is 2.77. The van der Waals surface area contributed by atoms with Gasteiger partial charge in [-0.25, -0.2) is 4.98 Å². The average Bonchev–Trinajstić information content (AvgIpc) is 2.74. The molecule has 0 atom stereocenters. The minimum absolute atomic E-state index is 0.569. The molecule has 0 aliphatic heterocycles. The molecule has 0 saturated carbocycles. The lowest BCUT2D eigenvalue weighted by Crippen LogP contribution is -2.06. The van der Waals surface area contributed by atoms with Crippen molar-refractivity contribution in [3.63, 3.8) is 0 Å². The second kappa shape index (κ2) is 6.09. The van der Waals surface area contributed by atoms with E-state index < -0.39 is 0 Å². The molecule has 4 heteroatoms. The largest absolute Gasteiger partial charge is 0.378 e. The van der Waals surface area contributed by atoms with Crippen LogP contribution >= 0.6 is 11.3 Å². The zero-order valence-corrected chi connectivity index (χ0v) is 11.8. The Balaban J connectivity index is 2.40. The van der Waals surface area contributed by atoms with Crippen LogP contribution in [0.2, 0.25) is 0 Å². The molecular formula is C14H18N2OS. The molecule has 96 valence electrons. The van der Waals surface area contributed by atoms with Gasteiger partial charge in [0.25, 0.3) is 0 Å². The maximum Gasteiger partial charge on any atom is 0.124 e. The summed E-state index contributed by atoms with van der Waals surface area (Å²) < 4.78 is 5.21. The summed E-state index contributed by atoms with van der Waals surface area (Å²) in [6.07, 6.45) is 0. The van der Waals surface area contributed by atoms with E-state index >= 15 is 0 Å². The summed E-state index contributed by atoms with van der Waals surface area (Å²) in [6, 6.07) is 8.34. The van der Waals surface area contributed by atoms with E-state index in [1.807, 2.05) is 7.05 Å². The van der Waals surface area contributed by atoms with Gasteiger partial charge in [-0.15, -0.1) is 11.3 Å². The molecule has 0 radical (unpaired) electrons. The van der Waals surface area contributed by atoms with Gasteiger partial charge in [-0.2, -0.15) is 0 Å². The zero-order chi connectivity index (χ0) is 13.0. The Kier molecular flexibility index (Phi) is 4.47. The highest BCUT2D eigenvalue weighted by molar-refractivity contribution is 7.15. The molecule has 1 aromatic heterocycles. The third-order valence-corrected chi connectivity index (χ3v) is 3.90. The van der Waals surface area contributed by atoms with Gasteiger partial charge < -0.3 is 10.1 Å². The van der Waals surface area contributed by atoms with E-state index in [9.17, 15) is 0 Å². The standard InChI is InChI=1S/C14H18N2OS/c1-10-6-4-5-7-11(10)14-16-12(9-17-3)13(18-14)8-15-2/h4-7,15H,8-9H2,1-3H3. The molecule has 2 rings (SSSR count). The average molecular weight is 262 g/mol. The number of hydrogen-bond acceptors (Lipinski definition) is 4. The highest BCUT2D eigenvalue weighted by atomic mass is 32.1. The summed E-state index contributed by atoms with van der Waals surface area (Å²) >= 11 is 1.74. The summed E-state index contributed by atoms with van der Waals surface area (Å²) in [7, 11) is 3.65. The molecule has 0 spiro atoms. The van der Waals surface area contributed by atoms with E-state index in [0.717, 1.165) is 17.2 Å². The van der Waals surface area contributed by atoms with Crippen LogP contribution in [0.25, 0.3) is 10.6 Å². The van der Waals surface area contributed by atoms with Crippen molar-refractivity contribution in [2.24, 2.45) is 0 Å². The summed E-state index contributed by atoms with van der Waals surface area (Å²) in [6.45, 7) is 3.52. The normalized spacial score (nSPS) is 10.8. The first-order chi connectivity index (χ1) is 8.76. The second-order valence-electron chi connectivity index (χ2n) is 4.17. The number of hydrogen-bond donors (Lipinski definition) is 1. The van der Waals surface area contributed by atoms with Gasteiger partial charge in [0, 0.05) is 24.1 Å². The lowest BCUT2D eigenvalue weighted by molar-refractivity contribution is 0.181. The highest BCUT2D eigenvalue weighted by Gasteiger charge is 2.12. The van der Waals surface area contributed by atoms with Gasteiger partial charge in [0.1, 0.15) is 5.01 Å². The van der Waals surface area contributed by atoms with Crippen LogP contribution in [-0.2, 0) is 17.9 Å². The first-order valence-corrected chi connectivity index (χ1v) is 6.76. The first kappa shape index (κ1) is 13.2. The fourth-order valence-electron chi connectivity index (χ4n) is 1.86. The van der Waals surface area contributed by atoms with Gasteiger partial charge in [0.05, 0.1) is 12.3 Å². The maximum absolute atomic E-state index is 5.21. The van der Waals surface area contributed by atoms with Crippen LogP contribution in [0.4, 0.5) is 0 Å². The van der Waals surface area contributed by atoms with Crippen molar-refractivity contribution in [1.82, 2.24) is 10.3 Å². The Labute approximate surface area is 112 Å². The van der Waals surface area contributed by atoms with Crippen molar-refractivity contribution in [2.75, 3.05) is 14.2 Å². The molecule has 0 aliphatic rings. The van der Waals surface area contributed by atoms with Crippen LogP contribution in [0.15, 0.2) is 24.3 Å².